The SMILES string of the molecule is COc1ccc(NC(=O)COc2ccc(C(N)=O)cc2)cc1S(=O)(=O)N(C)C. The molecule has 0 aliphatic rings. The molecule has 0 bridgehead atoms. The Hall–Kier alpha value is -3.11. The van der Waals surface area contributed by atoms with Gasteiger partial charge in [0.1, 0.15) is 16.4 Å². The quantitative estimate of drug-likeness (QED) is 0.673. The van der Waals surface area contributed by atoms with Gasteiger partial charge in [-0.1, -0.05) is 0 Å². The Morgan fingerprint density at radius 3 is 2.29 bits per heavy atom. The second-order valence-electron chi connectivity index (χ2n) is 5.88. The largest absolute Gasteiger partial charge is 0.495 e. The number of primary amides is 1. The molecule has 0 radical (unpaired) electrons. The van der Waals surface area contributed by atoms with E-state index in [-0.39, 0.29) is 22.9 Å². The molecule has 0 unspecified atom stereocenters. The van der Waals surface area contributed by atoms with Gasteiger partial charge in [0, 0.05) is 25.3 Å². The fourth-order valence-corrected chi connectivity index (χ4v) is 3.29. The van der Waals surface area contributed by atoms with E-state index in [0.717, 1.165) is 4.31 Å². The lowest BCUT2D eigenvalue weighted by Gasteiger charge is -2.16. The molecule has 0 saturated carbocycles. The summed E-state index contributed by atoms with van der Waals surface area (Å²) in [6, 6.07) is 10.3. The van der Waals surface area contributed by atoms with Crippen molar-refractivity contribution in [3.8, 4) is 11.5 Å². The summed E-state index contributed by atoms with van der Waals surface area (Å²) in [6.07, 6.45) is 0. The van der Waals surface area contributed by atoms with E-state index in [4.69, 9.17) is 15.2 Å². The summed E-state index contributed by atoms with van der Waals surface area (Å²) in [6.45, 7) is -0.308. The molecule has 0 aliphatic carbocycles. The number of ether oxygens (including phenoxy) is 2. The molecule has 0 heterocycles. The van der Waals surface area contributed by atoms with Crippen LogP contribution in [0.3, 0.4) is 0 Å². The first kappa shape index (κ1) is 21.2. The van der Waals surface area contributed by atoms with Gasteiger partial charge in [-0.3, -0.25) is 9.59 Å². The van der Waals surface area contributed by atoms with Gasteiger partial charge in [-0.25, -0.2) is 12.7 Å². The number of carbonyl (C=O) groups excluding carboxylic acids is 2. The monoisotopic (exact) mass is 407 g/mol. The van der Waals surface area contributed by atoms with Gasteiger partial charge in [0.25, 0.3) is 5.91 Å². The van der Waals surface area contributed by atoms with E-state index in [9.17, 15) is 18.0 Å². The zero-order valence-corrected chi connectivity index (χ0v) is 16.4. The minimum absolute atomic E-state index is 0.0687. The van der Waals surface area contributed by atoms with Crippen LogP contribution in [0.5, 0.6) is 11.5 Å². The molecule has 0 spiro atoms. The zero-order valence-electron chi connectivity index (χ0n) is 15.6. The van der Waals surface area contributed by atoms with Crippen LogP contribution in [0, 0.1) is 0 Å². The molecule has 0 aliphatic heterocycles. The number of nitrogens with one attached hydrogen (secondary N) is 1. The van der Waals surface area contributed by atoms with Crippen LogP contribution >= 0.6 is 0 Å². The molecule has 2 aromatic carbocycles. The van der Waals surface area contributed by atoms with Crippen molar-refractivity contribution in [3.63, 3.8) is 0 Å². The van der Waals surface area contributed by atoms with Gasteiger partial charge < -0.3 is 20.5 Å². The molecule has 2 aromatic rings. The van der Waals surface area contributed by atoms with E-state index in [1.807, 2.05) is 0 Å². The number of benzene rings is 2. The van der Waals surface area contributed by atoms with E-state index >= 15 is 0 Å². The first-order valence-corrected chi connectivity index (χ1v) is 9.52. The number of carbonyl (C=O) groups is 2. The van der Waals surface area contributed by atoms with Gasteiger partial charge in [-0.15, -0.1) is 0 Å². The number of amides is 2. The molecular weight excluding hydrogens is 386 g/mol. The Morgan fingerprint density at radius 1 is 1.11 bits per heavy atom. The lowest BCUT2D eigenvalue weighted by molar-refractivity contribution is -0.118. The number of anilines is 1. The highest BCUT2D eigenvalue weighted by molar-refractivity contribution is 7.89. The molecular formula is C18H21N3O6S. The van der Waals surface area contributed by atoms with E-state index in [2.05, 4.69) is 5.32 Å². The van der Waals surface area contributed by atoms with E-state index < -0.39 is 21.8 Å². The molecule has 10 heteroatoms. The minimum atomic E-state index is -3.76. The van der Waals surface area contributed by atoms with Crippen molar-refractivity contribution in [3.05, 3.63) is 48.0 Å². The fourth-order valence-electron chi connectivity index (χ4n) is 2.21. The lowest BCUT2D eigenvalue weighted by Crippen LogP contribution is -2.24. The van der Waals surface area contributed by atoms with Gasteiger partial charge in [-0.05, 0) is 42.5 Å². The predicted molar refractivity (Wildman–Crippen MR) is 103 cm³/mol. The molecule has 3 N–H and O–H groups in total. The van der Waals surface area contributed by atoms with Crippen LogP contribution in [0.15, 0.2) is 47.4 Å². The molecule has 150 valence electrons. The highest BCUT2D eigenvalue weighted by Gasteiger charge is 2.23. The Kier molecular flexibility index (Phi) is 6.60. The van der Waals surface area contributed by atoms with Crippen molar-refractivity contribution in [2.45, 2.75) is 4.90 Å². The molecule has 0 fully saturated rings. The summed E-state index contributed by atoms with van der Waals surface area (Å²) in [5.74, 6) is -0.507. The van der Waals surface area contributed by atoms with Crippen molar-refractivity contribution in [1.29, 1.82) is 0 Å². The highest BCUT2D eigenvalue weighted by Crippen LogP contribution is 2.28. The van der Waals surface area contributed by atoms with Gasteiger partial charge in [-0.2, -0.15) is 0 Å². The van der Waals surface area contributed by atoms with E-state index in [1.165, 1.54) is 63.7 Å². The van der Waals surface area contributed by atoms with Gasteiger partial charge in [0.05, 0.1) is 7.11 Å². The normalized spacial score (nSPS) is 11.1. The summed E-state index contributed by atoms with van der Waals surface area (Å²) in [7, 11) is 0.405. The molecule has 0 aromatic heterocycles. The van der Waals surface area contributed by atoms with Gasteiger partial charge in [0.15, 0.2) is 6.61 Å². The topological polar surface area (TPSA) is 128 Å². The number of nitrogens with two attached hydrogens (primary N) is 1. The summed E-state index contributed by atoms with van der Waals surface area (Å²) in [5.41, 5.74) is 5.76. The van der Waals surface area contributed by atoms with Crippen LogP contribution in [0.25, 0.3) is 0 Å². The number of hydrogen-bond acceptors (Lipinski definition) is 6. The zero-order chi connectivity index (χ0) is 20.9. The Morgan fingerprint density at radius 2 is 1.75 bits per heavy atom. The summed E-state index contributed by atoms with van der Waals surface area (Å²) >= 11 is 0. The average Bonchev–Trinajstić information content (AvgIpc) is 2.66. The van der Waals surface area contributed by atoms with Crippen molar-refractivity contribution < 1.29 is 27.5 Å². The number of nitrogens with zero attached hydrogens (tertiary/aromatic N) is 1. The Balaban J connectivity index is 2.08. The smallest absolute Gasteiger partial charge is 0.262 e. The number of sulfonamides is 1. The maximum absolute atomic E-state index is 12.4. The Bertz CT molecular complexity index is 971. The third-order valence-electron chi connectivity index (χ3n) is 3.71. The second kappa shape index (κ2) is 8.72. The number of hydrogen-bond donors (Lipinski definition) is 2. The van der Waals surface area contributed by atoms with E-state index in [1.54, 1.807) is 0 Å². The van der Waals surface area contributed by atoms with Crippen LogP contribution in [0.4, 0.5) is 5.69 Å². The summed E-state index contributed by atoms with van der Waals surface area (Å²) < 4.78 is 36.3. The Labute approximate surface area is 163 Å². The lowest BCUT2D eigenvalue weighted by atomic mass is 10.2. The van der Waals surface area contributed by atoms with Crippen LogP contribution in [0.1, 0.15) is 10.4 Å². The minimum Gasteiger partial charge on any atom is -0.495 e. The molecule has 0 saturated heterocycles. The maximum Gasteiger partial charge on any atom is 0.262 e. The molecule has 2 rings (SSSR count). The average molecular weight is 407 g/mol. The van der Waals surface area contributed by atoms with Crippen molar-refractivity contribution in [2.75, 3.05) is 33.1 Å². The summed E-state index contributed by atoms with van der Waals surface area (Å²) in [5, 5.41) is 2.57. The third-order valence-corrected chi connectivity index (χ3v) is 5.55. The standard InChI is InChI=1S/C18H21N3O6S/c1-21(2)28(24,25)16-10-13(6-9-15(16)26-3)20-17(22)11-27-14-7-4-12(5-8-14)18(19)23/h4-10H,11H2,1-3H3,(H2,19,23)(H,20,22). The van der Waals surface area contributed by atoms with Gasteiger partial charge >= 0.3 is 0 Å². The van der Waals surface area contributed by atoms with Crippen LogP contribution in [0.2, 0.25) is 0 Å². The van der Waals surface area contributed by atoms with Crippen molar-refractivity contribution >= 4 is 27.5 Å². The van der Waals surface area contributed by atoms with Gasteiger partial charge in [0.2, 0.25) is 15.9 Å². The third kappa shape index (κ3) is 4.99. The molecule has 9 nitrogen and oxygen atoms in total. The number of methoxy groups -OCH3 is 1. The maximum atomic E-state index is 12.4. The molecule has 28 heavy (non-hydrogen) atoms. The predicted octanol–water partition coefficient (Wildman–Crippen LogP) is 1.06. The summed E-state index contributed by atoms with van der Waals surface area (Å²) in [4.78, 5) is 23.1. The fraction of sp³-hybridized carbons (Fsp3) is 0.222. The number of rotatable bonds is 8. The van der Waals surface area contributed by atoms with Crippen LogP contribution in [-0.2, 0) is 14.8 Å². The molecule has 2 amide bonds. The van der Waals surface area contributed by atoms with Crippen LogP contribution in [-0.4, -0.2) is 52.3 Å². The van der Waals surface area contributed by atoms with Crippen molar-refractivity contribution in [2.24, 2.45) is 5.73 Å². The van der Waals surface area contributed by atoms with Crippen LogP contribution < -0.4 is 20.5 Å². The van der Waals surface area contributed by atoms with E-state index in [0.29, 0.717) is 11.3 Å². The van der Waals surface area contributed by atoms with Crippen molar-refractivity contribution in [1.82, 2.24) is 4.31 Å². The first-order chi connectivity index (χ1) is 13.1. The first-order valence-electron chi connectivity index (χ1n) is 8.08. The highest BCUT2D eigenvalue weighted by atomic mass is 32.2. The molecule has 0 atom stereocenters. The second-order valence-corrected chi connectivity index (χ2v) is 8.00.